The van der Waals surface area contributed by atoms with Crippen LogP contribution >= 0.6 is 0 Å². The zero-order chi connectivity index (χ0) is 18.1. The van der Waals surface area contributed by atoms with Gasteiger partial charge in [0.2, 0.25) is 0 Å². The fourth-order valence-electron chi connectivity index (χ4n) is 2.90. The van der Waals surface area contributed by atoms with Crippen molar-refractivity contribution in [2.24, 2.45) is 0 Å². The lowest BCUT2D eigenvalue weighted by Gasteiger charge is -2.28. The van der Waals surface area contributed by atoms with Crippen molar-refractivity contribution in [3.05, 3.63) is 16.7 Å². The second-order valence-electron chi connectivity index (χ2n) is 5.59. The quantitative estimate of drug-likeness (QED) is 0.421. The normalized spacial score (nSPS) is 28.2. The SMILES string of the molecule is CCOC(=O)[B]N1CN([C@@H]2O[C@H](CO)[C@@H](O)[C@H]2O)c2nc[nH]c(=O)c21. The molecule has 3 rings (SSSR count). The molecule has 2 aliphatic rings. The molecule has 12 heteroatoms. The maximum absolute atomic E-state index is 12.2. The van der Waals surface area contributed by atoms with E-state index in [4.69, 9.17) is 9.47 Å². The second-order valence-corrected chi connectivity index (χ2v) is 5.59. The molecule has 1 aromatic rings. The van der Waals surface area contributed by atoms with Gasteiger partial charge in [-0.25, -0.2) is 4.98 Å². The summed E-state index contributed by atoms with van der Waals surface area (Å²) in [6, 6.07) is 0. The summed E-state index contributed by atoms with van der Waals surface area (Å²) in [5.74, 6) is -0.459. The minimum Gasteiger partial charge on any atom is -0.473 e. The number of aromatic amines is 1. The van der Waals surface area contributed by atoms with E-state index >= 15 is 0 Å². The average Bonchev–Trinajstić information content (AvgIpc) is 3.07. The molecule has 0 bridgehead atoms. The van der Waals surface area contributed by atoms with Crippen LogP contribution in [0.5, 0.6) is 0 Å². The number of carbonyl (C=O) groups excluding carboxylic acids is 1. The van der Waals surface area contributed by atoms with Gasteiger partial charge in [0.25, 0.3) is 11.4 Å². The van der Waals surface area contributed by atoms with Gasteiger partial charge < -0.3 is 39.5 Å². The monoisotopic (exact) mass is 353 g/mol. The van der Waals surface area contributed by atoms with Gasteiger partial charge in [0.15, 0.2) is 12.0 Å². The molecule has 25 heavy (non-hydrogen) atoms. The number of fused-ring (bicyclic) bond motifs is 1. The molecule has 0 saturated carbocycles. The third-order valence-electron chi connectivity index (χ3n) is 4.05. The van der Waals surface area contributed by atoms with Crippen molar-refractivity contribution in [3.8, 4) is 0 Å². The number of hydrogen-bond donors (Lipinski definition) is 4. The second kappa shape index (κ2) is 7.00. The van der Waals surface area contributed by atoms with E-state index in [-0.39, 0.29) is 24.8 Å². The Hall–Kier alpha value is -2.15. The number of aliphatic hydroxyl groups is 3. The van der Waals surface area contributed by atoms with E-state index in [1.54, 1.807) is 6.92 Å². The Bertz CT molecular complexity index is 701. The molecule has 0 aliphatic carbocycles. The number of rotatable bonds is 5. The van der Waals surface area contributed by atoms with Gasteiger partial charge in [-0.15, -0.1) is 0 Å². The van der Waals surface area contributed by atoms with Crippen molar-refractivity contribution in [1.82, 2.24) is 9.97 Å². The number of anilines is 2. The Morgan fingerprint density at radius 1 is 1.52 bits per heavy atom. The molecule has 135 valence electrons. The van der Waals surface area contributed by atoms with Crippen molar-refractivity contribution in [1.29, 1.82) is 0 Å². The van der Waals surface area contributed by atoms with E-state index in [0.29, 0.717) is 0 Å². The number of aliphatic hydroxyl groups excluding tert-OH is 3. The molecule has 4 N–H and O–H groups in total. The van der Waals surface area contributed by atoms with Gasteiger partial charge in [-0.2, -0.15) is 0 Å². The molecule has 0 amide bonds. The third-order valence-corrected chi connectivity index (χ3v) is 4.05. The largest absolute Gasteiger partial charge is 0.473 e. The molecule has 2 aliphatic heterocycles. The highest BCUT2D eigenvalue weighted by atomic mass is 16.6. The lowest BCUT2D eigenvalue weighted by Crippen LogP contribution is -2.47. The first-order chi connectivity index (χ1) is 12.0. The van der Waals surface area contributed by atoms with Crippen LogP contribution in [0.15, 0.2) is 11.1 Å². The summed E-state index contributed by atoms with van der Waals surface area (Å²) in [5, 5.41) is 29.4. The number of nitrogens with one attached hydrogen (secondary N) is 1. The van der Waals surface area contributed by atoms with E-state index < -0.39 is 42.6 Å². The van der Waals surface area contributed by atoms with Gasteiger partial charge >= 0.3 is 7.41 Å². The molecule has 3 heterocycles. The minimum absolute atomic E-state index is 0.0269. The zero-order valence-corrected chi connectivity index (χ0v) is 13.4. The molecule has 0 unspecified atom stereocenters. The molecule has 1 saturated heterocycles. The smallest absolute Gasteiger partial charge is 0.394 e. The Kier molecular flexibility index (Phi) is 4.95. The Labute approximate surface area is 143 Å². The number of ether oxygens (including phenoxy) is 2. The standard InChI is InChI=1S/C13H18BN4O7/c1-2-24-13(23)14-18-5-17(10-7(18)11(22)16-4-15-10)12-9(21)8(20)6(3-19)25-12/h4,6,8-9,12,19-21H,2-3,5H2,1H3,(H,15,16,22)/t6-,8-,9-,12-/m1/s1. The van der Waals surface area contributed by atoms with Crippen molar-refractivity contribution < 1.29 is 29.6 Å². The maximum Gasteiger partial charge on any atom is 0.394 e. The van der Waals surface area contributed by atoms with Crippen molar-refractivity contribution in [2.75, 3.05) is 29.6 Å². The van der Waals surface area contributed by atoms with Gasteiger partial charge in [-0.05, 0) is 6.92 Å². The Morgan fingerprint density at radius 3 is 2.92 bits per heavy atom. The van der Waals surface area contributed by atoms with Gasteiger partial charge in [0.05, 0.1) is 26.2 Å². The lowest BCUT2D eigenvalue weighted by atomic mass is 9.92. The van der Waals surface area contributed by atoms with Crippen LogP contribution in [-0.4, -0.2) is 83.0 Å². The molecular formula is C13H18BN4O7. The van der Waals surface area contributed by atoms with Crippen LogP contribution < -0.4 is 15.3 Å². The molecule has 4 atom stereocenters. The fourth-order valence-corrected chi connectivity index (χ4v) is 2.90. The fraction of sp³-hybridized carbons (Fsp3) is 0.615. The van der Waals surface area contributed by atoms with Crippen LogP contribution in [0, 0.1) is 0 Å². The topological polar surface area (TPSA) is 148 Å². The van der Waals surface area contributed by atoms with Crippen LogP contribution in [-0.2, 0) is 9.47 Å². The average molecular weight is 353 g/mol. The van der Waals surface area contributed by atoms with E-state index in [1.165, 1.54) is 16.0 Å². The summed E-state index contributed by atoms with van der Waals surface area (Å²) in [4.78, 5) is 33.2. The van der Waals surface area contributed by atoms with E-state index in [9.17, 15) is 24.9 Å². The Morgan fingerprint density at radius 2 is 2.28 bits per heavy atom. The van der Waals surface area contributed by atoms with Crippen molar-refractivity contribution >= 4 is 24.8 Å². The summed E-state index contributed by atoms with van der Waals surface area (Å²) >= 11 is 0. The first kappa shape index (κ1) is 17.7. The van der Waals surface area contributed by atoms with Crippen LogP contribution in [0.2, 0.25) is 0 Å². The van der Waals surface area contributed by atoms with Gasteiger partial charge in [-0.1, -0.05) is 0 Å². The summed E-state index contributed by atoms with van der Waals surface area (Å²) in [6.07, 6.45) is -3.44. The summed E-state index contributed by atoms with van der Waals surface area (Å²) in [6.45, 7) is 1.33. The molecule has 0 spiro atoms. The lowest BCUT2D eigenvalue weighted by molar-refractivity contribution is -0.0221. The highest BCUT2D eigenvalue weighted by Crippen LogP contribution is 2.35. The van der Waals surface area contributed by atoms with Crippen LogP contribution in [0.3, 0.4) is 0 Å². The predicted octanol–water partition coefficient (Wildman–Crippen LogP) is -2.43. The molecule has 11 nitrogen and oxygen atoms in total. The van der Waals surface area contributed by atoms with E-state index in [0.717, 1.165) is 7.41 Å². The third kappa shape index (κ3) is 3.08. The van der Waals surface area contributed by atoms with Crippen LogP contribution in [0.4, 0.5) is 16.3 Å². The molecule has 0 aromatic carbocycles. The first-order valence-electron chi connectivity index (χ1n) is 7.73. The Balaban J connectivity index is 1.89. The number of H-pyrrole nitrogens is 1. The maximum atomic E-state index is 12.2. The van der Waals surface area contributed by atoms with E-state index in [1.807, 2.05) is 0 Å². The van der Waals surface area contributed by atoms with Gasteiger partial charge in [-0.3, -0.25) is 9.59 Å². The van der Waals surface area contributed by atoms with Gasteiger partial charge in [0.1, 0.15) is 24.0 Å². The minimum atomic E-state index is -1.33. The summed E-state index contributed by atoms with van der Waals surface area (Å²) in [7, 11) is 1.11. The molecular weight excluding hydrogens is 335 g/mol. The van der Waals surface area contributed by atoms with Crippen LogP contribution in [0.1, 0.15) is 6.92 Å². The van der Waals surface area contributed by atoms with Crippen LogP contribution in [0.25, 0.3) is 0 Å². The molecule has 1 fully saturated rings. The number of nitrogens with zero attached hydrogens (tertiary/aromatic N) is 3. The van der Waals surface area contributed by atoms with E-state index in [2.05, 4.69) is 9.97 Å². The highest BCUT2D eigenvalue weighted by Gasteiger charge is 2.48. The molecule has 1 radical (unpaired) electrons. The van der Waals surface area contributed by atoms with Crippen molar-refractivity contribution in [3.63, 3.8) is 0 Å². The number of carbonyl (C=O) groups is 1. The molecule has 1 aromatic heterocycles. The predicted molar refractivity (Wildman–Crippen MR) is 85.2 cm³/mol. The zero-order valence-electron chi connectivity index (χ0n) is 13.4. The first-order valence-corrected chi connectivity index (χ1v) is 7.73. The number of aromatic nitrogens is 2. The van der Waals surface area contributed by atoms with Gasteiger partial charge in [0, 0.05) is 0 Å². The highest BCUT2D eigenvalue weighted by molar-refractivity contribution is 6.75. The van der Waals surface area contributed by atoms with Crippen molar-refractivity contribution in [2.45, 2.75) is 31.5 Å². The summed E-state index contributed by atoms with van der Waals surface area (Å²) < 4.78 is 10.3. The number of hydrogen-bond acceptors (Lipinski definition) is 10. The summed E-state index contributed by atoms with van der Waals surface area (Å²) in [5.41, 5.74) is -0.395.